The van der Waals surface area contributed by atoms with Crippen molar-refractivity contribution >= 4 is 5.91 Å². The Hall–Kier alpha value is -2.28. The summed E-state index contributed by atoms with van der Waals surface area (Å²) in [6.45, 7) is 4.12. The molecule has 1 fully saturated rings. The van der Waals surface area contributed by atoms with Crippen molar-refractivity contribution in [1.82, 2.24) is 25.0 Å². The smallest absolute Gasteiger partial charge is 0.222 e. The lowest BCUT2D eigenvalue weighted by Crippen LogP contribution is -2.39. The molecule has 1 aliphatic rings. The lowest BCUT2D eigenvalue weighted by Gasteiger charge is -2.21. The van der Waals surface area contributed by atoms with Crippen molar-refractivity contribution in [2.75, 3.05) is 13.1 Å². The third kappa shape index (κ3) is 3.73. The number of halogens is 1. The van der Waals surface area contributed by atoms with E-state index in [1.54, 1.807) is 6.07 Å². The summed E-state index contributed by atoms with van der Waals surface area (Å²) in [5, 5.41) is 7.26. The minimum atomic E-state index is -0.336. The zero-order valence-electron chi connectivity index (χ0n) is 13.1. The van der Waals surface area contributed by atoms with Crippen LogP contribution in [0, 0.1) is 5.82 Å². The van der Waals surface area contributed by atoms with Gasteiger partial charge in [-0.25, -0.2) is 14.1 Å². The zero-order valence-corrected chi connectivity index (χ0v) is 13.1. The molecular formula is C16H20FN5O. The first-order chi connectivity index (χ1) is 11.1. The molecule has 0 saturated carbocycles. The van der Waals surface area contributed by atoms with Crippen molar-refractivity contribution in [3.63, 3.8) is 0 Å². The largest absolute Gasteiger partial charge is 0.341 e. The molecule has 1 aliphatic heterocycles. The Morgan fingerprint density at radius 3 is 2.96 bits per heavy atom. The third-order valence-corrected chi connectivity index (χ3v) is 4.00. The summed E-state index contributed by atoms with van der Waals surface area (Å²) in [7, 11) is 0. The van der Waals surface area contributed by atoms with Crippen molar-refractivity contribution in [1.29, 1.82) is 0 Å². The fourth-order valence-corrected chi connectivity index (χ4v) is 2.76. The molecule has 2 heterocycles. The van der Waals surface area contributed by atoms with E-state index in [9.17, 15) is 9.18 Å². The lowest BCUT2D eigenvalue weighted by atomic mass is 10.2. The minimum absolute atomic E-state index is 0.162. The molecule has 2 aromatic rings. The van der Waals surface area contributed by atoms with Gasteiger partial charge in [0.25, 0.3) is 0 Å². The maximum Gasteiger partial charge on any atom is 0.222 e. The third-order valence-electron chi connectivity index (χ3n) is 4.00. The highest BCUT2D eigenvalue weighted by atomic mass is 19.1. The molecule has 23 heavy (non-hydrogen) atoms. The van der Waals surface area contributed by atoms with E-state index in [1.807, 2.05) is 17.9 Å². The lowest BCUT2D eigenvalue weighted by molar-refractivity contribution is -0.127. The molecule has 0 aliphatic carbocycles. The Balaban J connectivity index is 1.56. The van der Waals surface area contributed by atoms with E-state index >= 15 is 0 Å². The first-order valence-electron chi connectivity index (χ1n) is 7.78. The van der Waals surface area contributed by atoms with Gasteiger partial charge in [0.1, 0.15) is 24.2 Å². The van der Waals surface area contributed by atoms with Crippen molar-refractivity contribution in [3.05, 3.63) is 42.2 Å². The second kappa shape index (κ2) is 6.87. The molecule has 1 atom stereocenters. The molecule has 1 N–H and O–H groups in total. The molecule has 6 nitrogen and oxygen atoms in total. The Kier molecular flexibility index (Phi) is 4.66. The molecule has 122 valence electrons. The van der Waals surface area contributed by atoms with E-state index in [2.05, 4.69) is 15.4 Å². The second-order valence-electron chi connectivity index (χ2n) is 5.85. The van der Waals surface area contributed by atoms with Gasteiger partial charge >= 0.3 is 0 Å². The van der Waals surface area contributed by atoms with Crippen molar-refractivity contribution < 1.29 is 9.18 Å². The summed E-state index contributed by atoms with van der Waals surface area (Å²) in [5.41, 5.74) is 1.23. The maximum atomic E-state index is 14.1. The number of nitrogens with zero attached hydrogens (tertiary/aromatic N) is 4. The predicted octanol–water partition coefficient (Wildman–Crippen LogP) is 1.51. The molecule has 1 aromatic carbocycles. The summed E-state index contributed by atoms with van der Waals surface area (Å²) < 4.78 is 15.5. The number of aromatic nitrogens is 3. The summed E-state index contributed by atoms with van der Waals surface area (Å²) in [4.78, 5) is 17.3. The highest BCUT2D eigenvalue weighted by molar-refractivity contribution is 5.78. The van der Waals surface area contributed by atoms with Gasteiger partial charge in [-0.15, -0.1) is 0 Å². The number of carbonyl (C=O) groups excluding carboxylic acids is 1. The number of carbonyl (C=O) groups is 1. The van der Waals surface area contributed by atoms with E-state index in [1.165, 1.54) is 23.4 Å². The van der Waals surface area contributed by atoms with Gasteiger partial charge in [-0.05, 0) is 31.0 Å². The van der Waals surface area contributed by atoms with Gasteiger partial charge in [-0.2, -0.15) is 5.10 Å². The van der Waals surface area contributed by atoms with Crippen LogP contribution in [0.25, 0.3) is 5.69 Å². The quantitative estimate of drug-likeness (QED) is 0.877. The second-order valence-corrected chi connectivity index (χ2v) is 5.85. The summed E-state index contributed by atoms with van der Waals surface area (Å²) in [6, 6.07) is 5.21. The highest BCUT2D eigenvalue weighted by Crippen LogP contribution is 2.14. The minimum Gasteiger partial charge on any atom is -0.341 e. The first kappa shape index (κ1) is 15.6. The first-order valence-corrected chi connectivity index (χ1v) is 7.78. The maximum absolute atomic E-state index is 14.1. The van der Waals surface area contributed by atoms with Crippen LogP contribution in [-0.2, 0) is 11.3 Å². The normalized spacial score (nSPS) is 16.1. The van der Waals surface area contributed by atoms with Crippen LogP contribution in [0.3, 0.4) is 0 Å². The van der Waals surface area contributed by atoms with Gasteiger partial charge in [0.15, 0.2) is 0 Å². The molecule has 0 radical (unpaired) electrons. The SMILES string of the molecule is C[C@H](CN1CCCC1=O)NCc1ccc(-n2cncn2)c(F)c1. The van der Waals surface area contributed by atoms with Crippen LogP contribution in [0.4, 0.5) is 4.39 Å². The van der Waals surface area contributed by atoms with Crippen LogP contribution in [0.5, 0.6) is 0 Å². The summed E-state index contributed by atoms with van der Waals surface area (Å²) in [5.74, 6) is -0.112. The number of benzene rings is 1. The zero-order chi connectivity index (χ0) is 16.2. The fraction of sp³-hybridized carbons (Fsp3) is 0.438. The van der Waals surface area contributed by atoms with E-state index in [-0.39, 0.29) is 17.8 Å². The number of likely N-dealkylation sites (tertiary alicyclic amines) is 1. The molecule has 1 aromatic heterocycles. The molecule has 0 bridgehead atoms. The molecule has 3 rings (SSSR count). The van der Waals surface area contributed by atoms with Crippen LogP contribution >= 0.6 is 0 Å². The monoisotopic (exact) mass is 317 g/mol. The summed E-state index contributed by atoms with van der Waals surface area (Å²) >= 11 is 0. The van der Waals surface area contributed by atoms with Crippen LogP contribution in [0.1, 0.15) is 25.3 Å². The van der Waals surface area contributed by atoms with Crippen molar-refractivity contribution in [3.8, 4) is 5.69 Å². The van der Waals surface area contributed by atoms with Crippen LogP contribution in [-0.4, -0.2) is 44.7 Å². The Morgan fingerprint density at radius 2 is 2.30 bits per heavy atom. The number of amides is 1. The van der Waals surface area contributed by atoms with Gasteiger partial charge < -0.3 is 10.2 Å². The van der Waals surface area contributed by atoms with Crippen molar-refractivity contribution in [2.24, 2.45) is 0 Å². The number of rotatable bonds is 6. The predicted molar refractivity (Wildman–Crippen MR) is 83.4 cm³/mol. The number of hydrogen-bond acceptors (Lipinski definition) is 4. The van der Waals surface area contributed by atoms with Crippen molar-refractivity contribution in [2.45, 2.75) is 32.4 Å². The average molecular weight is 317 g/mol. The van der Waals surface area contributed by atoms with Crippen LogP contribution < -0.4 is 5.32 Å². The van der Waals surface area contributed by atoms with Gasteiger partial charge in [-0.1, -0.05) is 6.07 Å². The van der Waals surface area contributed by atoms with Crippen LogP contribution in [0.2, 0.25) is 0 Å². The van der Waals surface area contributed by atoms with Gasteiger partial charge in [0.05, 0.1) is 0 Å². The van der Waals surface area contributed by atoms with E-state index in [4.69, 9.17) is 0 Å². The molecule has 0 spiro atoms. The Morgan fingerprint density at radius 1 is 1.43 bits per heavy atom. The molecule has 0 unspecified atom stereocenters. The highest BCUT2D eigenvalue weighted by Gasteiger charge is 2.21. The van der Waals surface area contributed by atoms with Gasteiger partial charge in [0, 0.05) is 32.1 Å². The molecule has 1 amide bonds. The Bertz CT molecular complexity index is 673. The standard InChI is InChI=1S/C16H20FN5O/c1-12(9-21-6-2-3-16(21)23)19-8-13-4-5-15(14(17)7-13)22-11-18-10-20-22/h4-5,7,10-12,19H,2-3,6,8-9H2,1H3/t12-/m1/s1. The van der Waals surface area contributed by atoms with E-state index in [0.29, 0.717) is 25.2 Å². The van der Waals surface area contributed by atoms with E-state index < -0.39 is 0 Å². The van der Waals surface area contributed by atoms with Gasteiger partial charge in [0.2, 0.25) is 5.91 Å². The fourth-order valence-electron chi connectivity index (χ4n) is 2.76. The number of hydrogen-bond donors (Lipinski definition) is 1. The Labute approximate surface area is 134 Å². The molecule has 1 saturated heterocycles. The average Bonchev–Trinajstić information content (AvgIpc) is 3.18. The number of nitrogens with one attached hydrogen (secondary N) is 1. The van der Waals surface area contributed by atoms with E-state index in [0.717, 1.165) is 18.5 Å². The summed E-state index contributed by atoms with van der Waals surface area (Å²) in [6.07, 6.45) is 4.43. The molecular weight excluding hydrogens is 297 g/mol. The topological polar surface area (TPSA) is 63.1 Å². The van der Waals surface area contributed by atoms with Gasteiger partial charge in [-0.3, -0.25) is 4.79 Å². The molecule has 7 heteroatoms. The van der Waals surface area contributed by atoms with Crippen LogP contribution in [0.15, 0.2) is 30.9 Å².